The number of nitrogens with zero attached hydrogens (tertiary/aromatic N) is 6. The van der Waals surface area contributed by atoms with Crippen molar-refractivity contribution in [1.29, 1.82) is 0 Å². The molecule has 3 rings (SSSR count). The largest absolute Gasteiger partial charge is 0.481 e. The van der Waals surface area contributed by atoms with Crippen LogP contribution < -0.4 is 31.9 Å². The number of aromatic nitrogens is 6. The minimum atomic E-state index is -1.68. The topological polar surface area (TPSA) is 372 Å². The van der Waals surface area contributed by atoms with Crippen molar-refractivity contribution in [2.75, 3.05) is 58.2 Å². The number of aliphatic hydroxyl groups excluding tert-OH is 4. The van der Waals surface area contributed by atoms with Gasteiger partial charge in [0.2, 0.25) is 35.7 Å². The van der Waals surface area contributed by atoms with Crippen LogP contribution in [0.15, 0.2) is 36.6 Å². The second kappa shape index (κ2) is 18.4. The van der Waals surface area contributed by atoms with Gasteiger partial charge in [-0.1, -0.05) is 6.58 Å². The molecule has 0 amide bonds. The van der Waals surface area contributed by atoms with Crippen LogP contribution in [0, 0.1) is 0 Å². The highest BCUT2D eigenvalue weighted by atomic mass is 17.1. The predicted octanol–water partition coefficient (Wildman–Crippen LogP) is -1.72. The zero-order valence-electron chi connectivity index (χ0n) is 25.8. The third kappa shape index (κ3) is 12.1. The fourth-order valence-electron chi connectivity index (χ4n) is 3.59. The Balaban J connectivity index is 1.85. The van der Waals surface area contributed by atoms with Crippen LogP contribution in [0.2, 0.25) is 0 Å². The van der Waals surface area contributed by atoms with Gasteiger partial charge in [-0.3, -0.25) is 4.79 Å². The summed E-state index contributed by atoms with van der Waals surface area (Å²) >= 11 is 0. The molecule has 24 heteroatoms. The number of carboxylic acids is 3. The van der Waals surface area contributed by atoms with E-state index in [1.807, 2.05) is 0 Å². The van der Waals surface area contributed by atoms with Crippen molar-refractivity contribution in [1.82, 2.24) is 29.9 Å². The standard InChI is InChI=1S/C26H34N12O12/c1-11(50-49)18(20(47)48)32-26-36-22(28-8-15(42)10-40)34-24(38-26)30-13-4-2-12(3-5-13)29-23-33-21(27-7-14(41)9-39)35-25(37-23)31-16(19(45)46)6-17(43)44/h2-5,14-16,18,39-42,49H,1,6-10H2,(H,43,44)(H,45,46)(H,47,48)(H3,27,29,31,33,35,37)(H3,28,30,32,34,36,38). The van der Waals surface area contributed by atoms with E-state index >= 15 is 0 Å². The predicted molar refractivity (Wildman–Crippen MR) is 171 cm³/mol. The average molecular weight is 707 g/mol. The molecule has 14 N–H and O–H groups in total. The summed E-state index contributed by atoms with van der Waals surface area (Å²) in [5, 5.41) is 90.3. The van der Waals surface area contributed by atoms with Crippen LogP contribution in [-0.2, 0) is 19.3 Å². The number of nitrogens with one attached hydrogen (secondary N) is 6. The molecule has 2 aromatic heterocycles. The van der Waals surface area contributed by atoms with Crippen molar-refractivity contribution >= 4 is 65.0 Å². The first-order valence-electron chi connectivity index (χ1n) is 14.2. The highest BCUT2D eigenvalue weighted by Crippen LogP contribution is 2.22. The molecular weight excluding hydrogens is 672 g/mol. The van der Waals surface area contributed by atoms with E-state index in [0.717, 1.165) is 0 Å². The van der Waals surface area contributed by atoms with Gasteiger partial charge in [0.05, 0.1) is 31.8 Å². The van der Waals surface area contributed by atoms with Gasteiger partial charge >= 0.3 is 17.9 Å². The van der Waals surface area contributed by atoms with E-state index in [1.165, 1.54) is 0 Å². The number of rotatable bonds is 22. The van der Waals surface area contributed by atoms with Crippen LogP contribution in [0.3, 0.4) is 0 Å². The quantitative estimate of drug-likeness (QED) is 0.0314. The summed E-state index contributed by atoms with van der Waals surface area (Å²) in [6.07, 6.45) is -3.15. The van der Waals surface area contributed by atoms with E-state index in [-0.39, 0.29) is 48.8 Å². The first kappa shape index (κ1) is 38.2. The molecule has 0 aliphatic carbocycles. The van der Waals surface area contributed by atoms with Crippen LogP contribution in [0.1, 0.15) is 6.42 Å². The third-order valence-electron chi connectivity index (χ3n) is 6.02. The summed E-state index contributed by atoms with van der Waals surface area (Å²) in [5.74, 6) is -6.08. The van der Waals surface area contributed by atoms with E-state index in [9.17, 15) is 34.8 Å². The molecule has 3 aromatic rings. The maximum atomic E-state index is 11.6. The molecule has 0 saturated carbocycles. The van der Waals surface area contributed by atoms with Crippen molar-refractivity contribution in [2.45, 2.75) is 30.7 Å². The molecule has 0 spiro atoms. The number of carboxylic acid groups (broad SMARTS) is 3. The normalized spacial score (nSPS) is 13.1. The van der Waals surface area contributed by atoms with Crippen molar-refractivity contribution in [3.8, 4) is 0 Å². The average Bonchev–Trinajstić information content (AvgIpc) is 3.08. The fourth-order valence-corrected chi connectivity index (χ4v) is 3.59. The Morgan fingerprint density at radius 3 is 1.48 bits per heavy atom. The lowest BCUT2D eigenvalue weighted by molar-refractivity contribution is -0.207. The Hall–Kier alpha value is -6.21. The second-order valence-corrected chi connectivity index (χ2v) is 9.98. The van der Waals surface area contributed by atoms with Gasteiger partial charge in [-0.05, 0) is 24.3 Å². The molecule has 0 fully saturated rings. The highest BCUT2D eigenvalue weighted by Gasteiger charge is 2.25. The maximum absolute atomic E-state index is 11.6. The maximum Gasteiger partial charge on any atom is 0.334 e. The van der Waals surface area contributed by atoms with Gasteiger partial charge in [-0.2, -0.15) is 29.9 Å². The summed E-state index contributed by atoms with van der Waals surface area (Å²) in [4.78, 5) is 62.8. The summed E-state index contributed by atoms with van der Waals surface area (Å²) in [5.41, 5.74) is 0.780. The lowest BCUT2D eigenvalue weighted by Crippen LogP contribution is -2.33. The van der Waals surface area contributed by atoms with E-state index < -0.39 is 67.6 Å². The molecule has 0 saturated heterocycles. The zero-order chi connectivity index (χ0) is 36.8. The molecule has 50 heavy (non-hydrogen) atoms. The summed E-state index contributed by atoms with van der Waals surface area (Å²) < 4.78 is 0. The van der Waals surface area contributed by atoms with Crippen LogP contribution >= 0.6 is 0 Å². The molecular formula is C26H34N12O12. The minimum absolute atomic E-state index is 0.118. The molecule has 24 nitrogen and oxygen atoms in total. The number of carbonyl (C=O) groups is 3. The molecule has 0 aliphatic heterocycles. The van der Waals surface area contributed by atoms with Gasteiger partial charge in [-0.25, -0.2) is 14.8 Å². The van der Waals surface area contributed by atoms with E-state index in [2.05, 4.69) is 73.3 Å². The number of hydrogen-bond acceptors (Lipinski definition) is 21. The van der Waals surface area contributed by atoms with Gasteiger partial charge in [0.15, 0.2) is 11.8 Å². The molecule has 270 valence electrons. The van der Waals surface area contributed by atoms with Gasteiger partial charge in [0.25, 0.3) is 0 Å². The van der Waals surface area contributed by atoms with Crippen LogP contribution in [0.25, 0.3) is 0 Å². The van der Waals surface area contributed by atoms with Crippen LogP contribution in [-0.4, -0.2) is 139 Å². The molecule has 2 heterocycles. The second-order valence-electron chi connectivity index (χ2n) is 9.98. The lowest BCUT2D eigenvalue weighted by Gasteiger charge is -2.16. The molecule has 1 aromatic carbocycles. The molecule has 4 atom stereocenters. The van der Waals surface area contributed by atoms with Crippen molar-refractivity contribution in [2.24, 2.45) is 0 Å². The summed E-state index contributed by atoms with van der Waals surface area (Å²) in [7, 11) is 0. The van der Waals surface area contributed by atoms with E-state index in [0.29, 0.717) is 11.4 Å². The third-order valence-corrected chi connectivity index (χ3v) is 6.02. The lowest BCUT2D eigenvalue weighted by atomic mass is 10.2. The first-order chi connectivity index (χ1) is 23.8. The number of aliphatic carboxylic acids is 3. The Kier molecular flexibility index (Phi) is 14.0. The Labute approximate surface area is 280 Å². The van der Waals surface area contributed by atoms with Gasteiger partial charge in [-0.15, -0.1) is 0 Å². The van der Waals surface area contributed by atoms with E-state index in [4.69, 9.17) is 20.6 Å². The Morgan fingerprint density at radius 1 is 0.680 bits per heavy atom. The summed E-state index contributed by atoms with van der Waals surface area (Å²) in [6.45, 7) is 1.80. The van der Waals surface area contributed by atoms with Gasteiger partial charge in [0.1, 0.15) is 6.04 Å². The number of aliphatic hydroxyl groups is 4. The zero-order valence-corrected chi connectivity index (χ0v) is 25.8. The smallest absolute Gasteiger partial charge is 0.334 e. The van der Waals surface area contributed by atoms with Crippen molar-refractivity contribution < 1.29 is 60.3 Å². The monoisotopic (exact) mass is 706 g/mol. The molecule has 0 radical (unpaired) electrons. The number of hydrogen-bond donors (Lipinski definition) is 14. The SMILES string of the molecule is C=C(OO)C(Nc1nc(NCC(O)CO)nc(Nc2ccc(Nc3nc(NCC(O)CO)nc(NC(CC(=O)O)C(=O)O)n3)cc2)n1)C(=O)O. The van der Waals surface area contributed by atoms with Gasteiger partial charge < -0.3 is 72.5 Å². The molecule has 4 unspecified atom stereocenters. The van der Waals surface area contributed by atoms with Crippen molar-refractivity contribution in [3.63, 3.8) is 0 Å². The highest BCUT2D eigenvalue weighted by molar-refractivity contribution is 5.83. The summed E-state index contributed by atoms with van der Waals surface area (Å²) in [6, 6.07) is 2.92. The van der Waals surface area contributed by atoms with Gasteiger partial charge in [0, 0.05) is 24.5 Å². The van der Waals surface area contributed by atoms with E-state index in [1.54, 1.807) is 24.3 Å². The molecule has 0 aliphatic rings. The minimum Gasteiger partial charge on any atom is -0.481 e. The Bertz CT molecular complexity index is 1630. The Morgan fingerprint density at radius 2 is 1.10 bits per heavy atom. The van der Waals surface area contributed by atoms with Crippen LogP contribution in [0.4, 0.5) is 47.1 Å². The molecule has 0 bridgehead atoms. The van der Waals surface area contributed by atoms with Crippen molar-refractivity contribution in [3.05, 3.63) is 36.6 Å². The first-order valence-corrected chi connectivity index (χ1v) is 14.2. The number of benzene rings is 1. The number of anilines is 8. The van der Waals surface area contributed by atoms with Crippen LogP contribution in [0.5, 0.6) is 0 Å². The fraction of sp³-hybridized carbons (Fsp3) is 0.346.